The zero-order valence-electron chi connectivity index (χ0n) is 17.0. The Labute approximate surface area is 198 Å². The second kappa shape index (κ2) is 8.92. The molecule has 2 bridgehead atoms. The van der Waals surface area contributed by atoms with E-state index in [0.717, 1.165) is 6.42 Å². The van der Waals surface area contributed by atoms with Crippen molar-refractivity contribution in [3.63, 3.8) is 0 Å². The molecule has 1 aromatic carbocycles. The summed E-state index contributed by atoms with van der Waals surface area (Å²) in [5.74, 6) is -1.76. The second-order valence-corrected chi connectivity index (χ2v) is 11.4. The molecule has 0 aliphatic carbocycles. The number of thioether (sulfide) groups is 1. The van der Waals surface area contributed by atoms with Gasteiger partial charge in [-0.3, -0.25) is 14.4 Å². The number of likely N-dealkylation sites (tertiary alicyclic amines) is 1. The van der Waals surface area contributed by atoms with Gasteiger partial charge >= 0.3 is 0 Å². The van der Waals surface area contributed by atoms with Crippen LogP contribution in [0, 0.1) is 11.8 Å². The Bertz CT molecular complexity index is 888. The first-order valence-electron chi connectivity index (χ1n) is 10.4. The van der Waals surface area contributed by atoms with Crippen LogP contribution in [0.5, 0.6) is 0 Å². The molecule has 3 aliphatic heterocycles. The lowest BCUT2D eigenvalue weighted by Gasteiger charge is -2.35. The Morgan fingerprint density at radius 2 is 2.03 bits per heavy atom. The van der Waals surface area contributed by atoms with E-state index in [2.05, 4.69) is 26.6 Å². The molecule has 168 valence electrons. The molecular formula is C21H25BrClN3O4S. The zero-order valence-corrected chi connectivity index (χ0v) is 20.2. The highest BCUT2D eigenvalue weighted by atomic mass is 79.9. The van der Waals surface area contributed by atoms with E-state index in [9.17, 15) is 19.5 Å². The highest BCUT2D eigenvalue weighted by Gasteiger charge is 2.75. The van der Waals surface area contributed by atoms with Crippen LogP contribution in [-0.2, 0) is 14.4 Å². The molecule has 31 heavy (non-hydrogen) atoms. The highest BCUT2D eigenvalue weighted by Crippen LogP contribution is 2.67. The van der Waals surface area contributed by atoms with Gasteiger partial charge in [0.05, 0.1) is 23.2 Å². The molecule has 3 heterocycles. The SMILES string of the molecule is CCCNC(=O)[C@H]1[C@H]2C(=O)N(CCO)C(C(=O)Nc3ccc(Cl)cc3)C23CC(Br)[C@@H]1S3. The lowest BCUT2D eigenvalue weighted by atomic mass is 9.70. The summed E-state index contributed by atoms with van der Waals surface area (Å²) in [6.45, 7) is 2.33. The quantitative estimate of drug-likeness (QED) is 0.470. The first-order chi connectivity index (χ1) is 14.8. The van der Waals surface area contributed by atoms with Gasteiger partial charge in [-0.05, 0) is 37.1 Å². The van der Waals surface area contributed by atoms with Crippen molar-refractivity contribution in [3.05, 3.63) is 29.3 Å². The number of nitrogens with zero attached hydrogens (tertiary/aromatic N) is 1. The van der Waals surface area contributed by atoms with Crippen LogP contribution in [0.1, 0.15) is 19.8 Å². The van der Waals surface area contributed by atoms with Gasteiger partial charge < -0.3 is 20.6 Å². The van der Waals surface area contributed by atoms with Crippen molar-refractivity contribution in [2.45, 2.75) is 40.6 Å². The molecule has 0 saturated carbocycles. The van der Waals surface area contributed by atoms with Crippen LogP contribution in [-0.4, -0.2) is 68.3 Å². The molecule has 3 unspecified atom stereocenters. The Morgan fingerprint density at radius 1 is 1.32 bits per heavy atom. The van der Waals surface area contributed by atoms with Crippen LogP contribution in [0.3, 0.4) is 0 Å². The lowest BCUT2D eigenvalue weighted by molar-refractivity contribution is -0.139. The largest absolute Gasteiger partial charge is 0.395 e. The molecule has 0 radical (unpaired) electrons. The number of β-amino-alcohol motifs (C(OH)–C–C–N with tert-alkyl or cyclic N) is 1. The number of carbonyl (C=O) groups is 3. The number of carbonyl (C=O) groups excluding carboxylic acids is 3. The number of fused-ring (bicyclic) bond motifs is 1. The molecule has 10 heteroatoms. The van der Waals surface area contributed by atoms with Gasteiger partial charge in [0, 0.05) is 33.9 Å². The summed E-state index contributed by atoms with van der Waals surface area (Å²) < 4.78 is -0.712. The minimum atomic E-state index is -0.771. The fourth-order valence-corrected chi connectivity index (χ4v) is 8.93. The van der Waals surface area contributed by atoms with Crippen molar-refractivity contribution in [1.29, 1.82) is 0 Å². The van der Waals surface area contributed by atoms with E-state index in [-0.39, 0.29) is 41.0 Å². The number of benzene rings is 1. The van der Waals surface area contributed by atoms with E-state index in [4.69, 9.17) is 11.6 Å². The van der Waals surface area contributed by atoms with Crippen LogP contribution in [0.25, 0.3) is 0 Å². The van der Waals surface area contributed by atoms with Crippen LogP contribution in [0.15, 0.2) is 24.3 Å². The summed E-state index contributed by atoms with van der Waals surface area (Å²) in [6.07, 6.45) is 1.41. The number of aliphatic hydroxyl groups excluding tert-OH is 1. The minimum absolute atomic E-state index is 0.0267. The summed E-state index contributed by atoms with van der Waals surface area (Å²) in [5, 5.41) is 15.9. The predicted octanol–water partition coefficient (Wildman–Crippen LogP) is 2.26. The molecule has 3 N–H and O–H groups in total. The first kappa shape index (κ1) is 22.9. The first-order valence-corrected chi connectivity index (χ1v) is 12.6. The fourth-order valence-electron chi connectivity index (χ4n) is 5.19. The molecule has 3 fully saturated rings. The third kappa shape index (κ3) is 3.77. The maximum atomic E-state index is 13.5. The maximum Gasteiger partial charge on any atom is 0.248 e. The van der Waals surface area contributed by atoms with Crippen molar-refractivity contribution in [3.8, 4) is 0 Å². The van der Waals surface area contributed by atoms with Gasteiger partial charge in [-0.25, -0.2) is 0 Å². The summed E-state index contributed by atoms with van der Waals surface area (Å²) in [4.78, 5) is 41.4. The highest BCUT2D eigenvalue weighted by molar-refractivity contribution is 9.09. The van der Waals surface area contributed by atoms with Crippen molar-refractivity contribution < 1.29 is 19.5 Å². The van der Waals surface area contributed by atoms with Crippen molar-refractivity contribution in [1.82, 2.24) is 10.2 Å². The molecule has 3 aliphatic rings. The molecule has 3 saturated heterocycles. The lowest BCUT2D eigenvalue weighted by Crippen LogP contribution is -2.53. The summed E-state index contributed by atoms with van der Waals surface area (Å²) in [7, 11) is 0. The van der Waals surface area contributed by atoms with Gasteiger partial charge in [0.1, 0.15) is 6.04 Å². The molecule has 3 amide bonds. The number of hydrogen-bond acceptors (Lipinski definition) is 5. The monoisotopic (exact) mass is 529 g/mol. The Morgan fingerprint density at radius 3 is 2.68 bits per heavy atom. The van der Waals surface area contributed by atoms with E-state index in [1.165, 1.54) is 4.90 Å². The normalized spacial score (nSPS) is 33.5. The Kier molecular flexibility index (Phi) is 6.59. The average Bonchev–Trinajstić information content (AvgIpc) is 3.32. The molecular weight excluding hydrogens is 506 g/mol. The van der Waals surface area contributed by atoms with E-state index in [1.807, 2.05) is 6.92 Å². The Balaban J connectivity index is 1.68. The van der Waals surface area contributed by atoms with Crippen LogP contribution < -0.4 is 10.6 Å². The number of alkyl halides is 1. The third-order valence-corrected chi connectivity index (χ3v) is 9.81. The molecule has 7 nitrogen and oxygen atoms in total. The molecule has 1 spiro atoms. The van der Waals surface area contributed by atoms with E-state index in [1.54, 1.807) is 36.0 Å². The minimum Gasteiger partial charge on any atom is -0.395 e. The second-order valence-electron chi connectivity index (χ2n) is 8.21. The number of nitrogens with one attached hydrogen (secondary N) is 2. The van der Waals surface area contributed by atoms with E-state index < -0.39 is 22.6 Å². The molecule has 6 atom stereocenters. The van der Waals surface area contributed by atoms with Crippen molar-refractivity contribution in [2.75, 3.05) is 25.0 Å². The summed E-state index contributed by atoms with van der Waals surface area (Å²) in [5.41, 5.74) is 0.579. The predicted molar refractivity (Wildman–Crippen MR) is 124 cm³/mol. The number of amides is 3. The third-order valence-electron chi connectivity index (χ3n) is 6.34. The van der Waals surface area contributed by atoms with E-state index >= 15 is 0 Å². The molecule has 4 rings (SSSR count). The van der Waals surface area contributed by atoms with Crippen LogP contribution in [0.2, 0.25) is 5.02 Å². The van der Waals surface area contributed by atoms with Gasteiger partial charge in [0.25, 0.3) is 0 Å². The summed E-state index contributed by atoms with van der Waals surface area (Å²) >= 11 is 11.2. The number of rotatable bonds is 7. The van der Waals surface area contributed by atoms with Gasteiger partial charge in [-0.1, -0.05) is 34.5 Å². The van der Waals surface area contributed by atoms with Crippen molar-refractivity contribution in [2.24, 2.45) is 11.8 Å². The molecule has 0 aromatic heterocycles. The zero-order chi connectivity index (χ0) is 22.3. The van der Waals surface area contributed by atoms with Gasteiger partial charge in [-0.2, -0.15) is 0 Å². The number of hydrogen-bond donors (Lipinski definition) is 3. The van der Waals surface area contributed by atoms with Gasteiger partial charge in [-0.15, -0.1) is 11.8 Å². The van der Waals surface area contributed by atoms with Gasteiger partial charge in [0.15, 0.2) is 0 Å². The van der Waals surface area contributed by atoms with Gasteiger partial charge in [0.2, 0.25) is 17.7 Å². The smallest absolute Gasteiger partial charge is 0.248 e. The average molecular weight is 531 g/mol. The number of aliphatic hydroxyl groups is 1. The van der Waals surface area contributed by atoms with Crippen LogP contribution in [0.4, 0.5) is 5.69 Å². The number of halogens is 2. The Hall–Kier alpha value is -1.29. The number of anilines is 1. The molecule has 1 aromatic rings. The topological polar surface area (TPSA) is 98.7 Å². The maximum absolute atomic E-state index is 13.5. The van der Waals surface area contributed by atoms with Crippen LogP contribution >= 0.6 is 39.3 Å². The van der Waals surface area contributed by atoms with Crippen molar-refractivity contribution >= 4 is 62.7 Å². The fraction of sp³-hybridized carbons (Fsp3) is 0.571. The standard InChI is InChI=1S/C21H25BrClN3O4S/c1-2-7-24-18(28)14-15-20(30)26(8-9-27)17(21(15)10-13(22)16(14)31-21)19(29)25-12-5-3-11(23)4-6-12/h3-6,13-17,27H,2,7-10H2,1H3,(H,24,28)(H,25,29)/t13?,14-,15-,16-,17?,21?/m0/s1. The van der Waals surface area contributed by atoms with E-state index in [0.29, 0.717) is 23.7 Å². The summed E-state index contributed by atoms with van der Waals surface area (Å²) in [6, 6.07) is 6.00.